The van der Waals surface area contributed by atoms with Crippen LogP contribution in [-0.2, 0) is 0 Å². The molecule has 1 aromatic rings. The van der Waals surface area contributed by atoms with Crippen molar-refractivity contribution in [3.8, 4) is 5.88 Å². The van der Waals surface area contributed by atoms with Gasteiger partial charge in [0.25, 0.3) is 0 Å². The van der Waals surface area contributed by atoms with Crippen LogP contribution in [0.25, 0.3) is 0 Å². The second kappa shape index (κ2) is 5.79. The molecular formula is C16H26N4O. The van der Waals surface area contributed by atoms with Gasteiger partial charge in [0.1, 0.15) is 0 Å². The second-order valence-corrected chi connectivity index (χ2v) is 6.52. The molecule has 116 valence electrons. The predicted octanol–water partition coefficient (Wildman–Crippen LogP) is 2.01. The quantitative estimate of drug-likeness (QED) is 0.919. The van der Waals surface area contributed by atoms with Crippen LogP contribution in [0.4, 0.5) is 5.95 Å². The lowest BCUT2D eigenvalue weighted by Crippen LogP contribution is -2.36. The van der Waals surface area contributed by atoms with Crippen molar-refractivity contribution in [3.05, 3.63) is 11.8 Å². The minimum absolute atomic E-state index is 0.135. The molecule has 0 amide bonds. The largest absolute Gasteiger partial charge is 0.475 e. The lowest BCUT2D eigenvalue weighted by molar-refractivity contribution is 0.232. The molecule has 3 rings (SSSR count). The highest BCUT2D eigenvalue weighted by Gasteiger charge is 2.44. The number of nitrogens with one attached hydrogen (secondary N) is 1. The first-order valence-electron chi connectivity index (χ1n) is 8.08. The fraction of sp³-hybridized carbons (Fsp3) is 0.750. The summed E-state index contributed by atoms with van der Waals surface area (Å²) in [7, 11) is 0. The molecule has 0 aromatic carbocycles. The Morgan fingerprint density at radius 3 is 2.90 bits per heavy atom. The fourth-order valence-electron chi connectivity index (χ4n) is 3.73. The number of hydrogen-bond donors (Lipinski definition) is 1. The number of nitrogens with zero attached hydrogens (tertiary/aromatic N) is 3. The van der Waals surface area contributed by atoms with Crippen LogP contribution in [-0.4, -0.2) is 41.7 Å². The molecule has 3 unspecified atom stereocenters. The number of fused-ring (bicyclic) bond motifs is 1. The molecule has 2 aliphatic rings. The summed E-state index contributed by atoms with van der Waals surface area (Å²) >= 11 is 0. The van der Waals surface area contributed by atoms with Gasteiger partial charge < -0.3 is 15.0 Å². The van der Waals surface area contributed by atoms with Gasteiger partial charge in [-0.3, -0.25) is 0 Å². The molecule has 2 aliphatic heterocycles. The zero-order chi connectivity index (χ0) is 15.0. The molecule has 0 spiro atoms. The molecular weight excluding hydrogens is 264 g/mol. The highest BCUT2D eigenvalue weighted by Crippen LogP contribution is 2.36. The van der Waals surface area contributed by atoms with Crippen molar-refractivity contribution in [1.29, 1.82) is 0 Å². The Hall–Kier alpha value is -1.36. The summed E-state index contributed by atoms with van der Waals surface area (Å²) in [6, 6.07) is 2.46. The summed E-state index contributed by atoms with van der Waals surface area (Å²) in [6.07, 6.45) is 1.27. The van der Waals surface area contributed by atoms with E-state index in [2.05, 4.69) is 27.1 Å². The van der Waals surface area contributed by atoms with Crippen LogP contribution in [0.5, 0.6) is 5.88 Å². The number of anilines is 1. The molecule has 3 heterocycles. The van der Waals surface area contributed by atoms with Gasteiger partial charge in [-0.15, -0.1) is 0 Å². The van der Waals surface area contributed by atoms with Crippen LogP contribution in [0.1, 0.15) is 32.9 Å². The SMILES string of the molecule is CCC1C2CNCC2CN1c1nc(C)cc(OC(C)C)n1. The molecule has 5 nitrogen and oxygen atoms in total. The van der Waals surface area contributed by atoms with Gasteiger partial charge >= 0.3 is 0 Å². The van der Waals surface area contributed by atoms with Gasteiger partial charge in [0.2, 0.25) is 11.8 Å². The average molecular weight is 290 g/mol. The van der Waals surface area contributed by atoms with E-state index in [4.69, 9.17) is 4.74 Å². The smallest absolute Gasteiger partial charge is 0.229 e. The van der Waals surface area contributed by atoms with Crippen molar-refractivity contribution in [2.45, 2.75) is 46.3 Å². The molecule has 21 heavy (non-hydrogen) atoms. The first-order chi connectivity index (χ1) is 10.1. The van der Waals surface area contributed by atoms with E-state index >= 15 is 0 Å². The lowest BCUT2D eigenvalue weighted by Gasteiger charge is -2.27. The number of hydrogen-bond acceptors (Lipinski definition) is 5. The fourth-order valence-corrected chi connectivity index (χ4v) is 3.73. The Morgan fingerprint density at radius 2 is 2.19 bits per heavy atom. The topological polar surface area (TPSA) is 50.3 Å². The van der Waals surface area contributed by atoms with Crippen LogP contribution in [0.15, 0.2) is 6.07 Å². The molecule has 0 saturated carbocycles. The first-order valence-corrected chi connectivity index (χ1v) is 8.08. The summed E-state index contributed by atoms with van der Waals surface area (Å²) in [4.78, 5) is 11.7. The summed E-state index contributed by atoms with van der Waals surface area (Å²) in [5.41, 5.74) is 0.973. The maximum absolute atomic E-state index is 5.77. The molecule has 1 aromatic heterocycles. The van der Waals surface area contributed by atoms with Gasteiger partial charge in [-0.2, -0.15) is 4.98 Å². The molecule has 0 aliphatic carbocycles. The monoisotopic (exact) mass is 290 g/mol. The summed E-state index contributed by atoms with van der Waals surface area (Å²) in [5, 5.41) is 3.52. The molecule has 2 saturated heterocycles. The molecule has 0 bridgehead atoms. The summed E-state index contributed by atoms with van der Waals surface area (Å²) < 4.78 is 5.77. The zero-order valence-electron chi connectivity index (χ0n) is 13.5. The van der Waals surface area contributed by atoms with E-state index in [0.29, 0.717) is 11.9 Å². The Kier molecular flexibility index (Phi) is 4.02. The standard InChI is InChI=1S/C16H26N4O/c1-5-14-13-8-17-7-12(13)9-20(14)16-18-11(4)6-15(19-16)21-10(2)3/h6,10,12-14,17H,5,7-9H2,1-4H3. The maximum Gasteiger partial charge on any atom is 0.229 e. The third-order valence-corrected chi connectivity index (χ3v) is 4.57. The Morgan fingerprint density at radius 1 is 1.38 bits per heavy atom. The van der Waals surface area contributed by atoms with E-state index in [9.17, 15) is 0 Å². The Labute approximate surface area is 127 Å². The molecule has 3 atom stereocenters. The van der Waals surface area contributed by atoms with Crippen LogP contribution in [0.2, 0.25) is 0 Å². The molecule has 2 fully saturated rings. The van der Waals surface area contributed by atoms with E-state index in [0.717, 1.165) is 49.5 Å². The van der Waals surface area contributed by atoms with E-state index in [-0.39, 0.29) is 6.10 Å². The highest BCUT2D eigenvalue weighted by molar-refractivity contribution is 5.39. The van der Waals surface area contributed by atoms with Crippen LogP contribution in [0.3, 0.4) is 0 Å². The van der Waals surface area contributed by atoms with E-state index < -0.39 is 0 Å². The summed E-state index contributed by atoms with van der Waals surface area (Å²) in [5.74, 6) is 2.99. The van der Waals surface area contributed by atoms with Crippen molar-refractivity contribution < 1.29 is 4.74 Å². The van der Waals surface area contributed by atoms with Gasteiger partial charge in [0.15, 0.2) is 0 Å². The number of aryl methyl sites for hydroxylation is 1. The highest BCUT2D eigenvalue weighted by atomic mass is 16.5. The van der Waals surface area contributed by atoms with Gasteiger partial charge in [-0.25, -0.2) is 4.98 Å². The van der Waals surface area contributed by atoms with Gasteiger partial charge in [0, 0.05) is 37.4 Å². The molecule has 1 N–H and O–H groups in total. The summed E-state index contributed by atoms with van der Waals surface area (Å²) in [6.45, 7) is 11.6. The van der Waals surface area contributed by atoms with Gasteiger partial charge in [-0.05, 0) is 39.0 Å². The maximum atomic E-state index is 5.77. The van der Waals surface area contributed by atoms with Crippen molar-refractivity contribution in [1.82, 2.24) is 15.3 Å². The van der Waals surface area contributed by atoms with Crippen molar-refractivity contribution in [3.63, 3.8) is 0 Å². The second-order valence-electron chi connectivity index (χ2n) is 6.52. The van der Waals surface area contributed by atoms with Gasteiger partial charge in [0.05, 0.1) is 6.10 Å². The van der Waals surface area contributed by atoms with Crippen LogP contribution < -0.4 is 15.0 Å². The minimum Gasteiger partial charge on any atom is -0.475 e. The van der Waals surface area contributed by atoms with E-state index in [1.165, 1.54) is 0 Å². The number of ether oxygens (including phenoxy) is 1. The van der Waals surface area contributed by atoms with E-state index in [1.807, 2.05) is 26.8 Å². The predicted molar refractivity (Wildman–Crippen MR) is 83.8 cm³/mol. The number of aromatic nitrogens is 2. The first kappa shape index (κ1) is 14.6. The number of rotatable bonds is 4. The van der Waals surface area contributed by atoms with Crippen molar-refractivity contribution in [2.75, 3.05) is 24.5 Å². The van der Waals surface area contributed by atoms with E-state index in [1.54, 1.807) is 0 Å². The molecule has 5 heteroatoms. The normalized spacial score (nSPS) is 28.2. The van der Waals surface area contributed by atoms with Crippen molar-refractivity contribution >= 4 is 5.95 Å². The minimum atomic E-state index is 0.135. The lowest BCUT2D eigenvalue weighted by atomic mass is 9.93. The third kappa shape index (κ3) is 2.84. The van der Waals surface area contributed by atoms with Gasteiger partial charge in [-0.1, -0.05) is 6.92 Å². The van der Waals surface area contributed by atoms with Crippen LogP contribution in [0, 0.1) is 18.8 Å². The third-order valence-electron chi connectivity index (χ3n) is 4.57. The Bertz CT molecular complexity index is 505. The average Bonchev–Trinajstić information content (AvgIpc) is 2.96. The zero-order valence-corrected chi connectivity index (χ0v) is 13.5. The van der Waals surface area contributed by atoms with Crippen LogP contribution >= 0.6 is 0 Å². The Balaban J connectivity index is 1.87. The van der Waals surface area contributed by atoms with Crippen molar-refractivity contribution in [2.24, 2.45) is 11.8 Å². The molecule has 0 radical (unpaired) electrons.